The molecule has 0 saturated carbocycles. The maximum absolute atomic E-state index is 11.4. The second-order valence-corrected chi connectivity index (χ2v) is 6.50. The second kappa shape index (κ2) is 5.40. The largest absolute Gasteiger partial charge is 0.326 e. The Labute approximate surface area is 135 Å². The van der Waals surface area contributed by atoms with Crippen LogP contribution in [-0.4, -0.2) is 5.91 Å². The van der Waals surface area contributed by atoms with Gasteiger partial charge in [0.1, 0.15) is 0 Å². The molecule has 0 aromatic heterocycles. The van der Waals surface area contributed by atoms with E-state index in [1.165, 1.54) is 0 Å². The molecule has 3 rings (SSSR count). The zero-order valence-electron chi connectivity index (χ0n) is 10.3. The normalized spacial score (nSPS) is 14.8. The van der Waals surface area contributed by atoms with Crippen molar-refractivity contribution < 1.29 is 4.79 Å². The summed E-state index contributed by atoms with van der Waals surface area (Å²) in [4.78, 5) is 11.4. The minimum Gasteiger partial charge on any atom is -0.326 e. The highest BCUT2D eigenvalue weighted by molar-refractivity contribution is 9.10. The highest BCUT2D eigenvalue weighted by Gasteiger charge is 2.20. The van der Waals surface area contributed by atoms with E-state index in [2.05, 4.69) is 21.2 Å². The zero-order chi connectivity index (χ0) is 14.3. The first-order valence-corrected chi connectivity index (χ1v) is 7.66. The number of hydrogen-bond acceptors (Lipinski definition) is 1. The molecule has 102 valence electrons. The van der Waals surface area contributed by atoms with Crippen LogP contribution < -0.4 is 5.32 Å². The predicted molar refractivity (Wildman–Crippen MR) is 85.6 cm³/mol. The third-order valence-corrected chi connectivity index (χ3v) is 4.40. The first-order chi connectivity index (χ1) is 9.52. The van der Waals surface area contributed by atoms with Gasteiger partial charge in [0.2, 0.25) is 5.91 Å². The van der Waals surface area contributed by atoms with Gasteiger partial charge >= 0.3 is 0 Å². The molecule has 2 aromatic carbocycles. The Morgan fingerprint density at radius 2 is 1.95 bits per heavy atom. The molecule has 0 radical (unpaired) electrons. The summed E-state index contributed by atoms with van der Waals surface area (Å²) in [5.41, 5.74) is 3.73. The molecule has 20 heavy (non-hydrogen) atoms. The summed E-state index contributed by atoms with van der Waals surface area (Å²) in [6.07, 6.45) is 0.409. The lowest BCUT2D eigenvalue weighted by Crippen LogP contribution is -2.03. The van der Waals surface area contributed by atoms with Crippen LogP contribution in [0.1, 0.15) is 22.1 Å². The summed E-state index contributed by atoms with van der Waals surface area (Å²) < 4.78 is 0.892. The molecule has 0 saturated heterocycles. The number of alkyl halides is 1. The number of amides is 1. The molecule has 1 aliphatic heterocycles. The van der Waals surface area contributed by atoms with Crippen LogP contribution in [0.25, 0.3) is 0 Å². The van der Waals surface area contributed by atoms with Crippen LogP contribution in [0.5, 0.6) is 0 Å². The van der Waals surface area contributed by atoms with Crippen molar-refractivity contribution in [2.24, 2.45) is 0 Å². The van der Waals surface area contributed by atoms with Crippen molar-refractivity contribution >= 4 is 50.7 Å². The van der Waals surface area contributed by atoms with Crippen molar-refractivity contribution in [3.05, 3.63) is 62.6 Å². The molecule has 0 fully saturated rings. The van der Waals surface area contributed by atoms with Crippen molar-refractivity contribution in [2.45, 2.75) is 11.8 Å². The fourth-order valence-corrected chi connectivity index (χ4v) is 3.47. The van der Waals surface area contributed by atoms with Gasteiger partial charge in [0.15, 0.2) is 0 Å². The third-order valence-electron chi connectivity index (χ3n) is 3.22. The molecule has 1 amide bonds. The van der Waals surface area contributed by atoms with E-state index in [9.17, 15) is 4.79 Å². The lowest BCUT2D eigenvalue weighted by atomic mass is 10.0. The van der Waals surface area contributed by atoms with Crippen molar-refractivity contribution in [2.75, 3.05) is 5.32 Å². The maximum Gasteiger partial charge on any atom is 0.228 e. The van der Waals surface area contributed by atoms with E-state index in [0.717, 1.165) is 26.9 Å². The molecule has 0 spiro atoms. The number of carbonyl (C=O) groups is 1. The SMILES string of the molecule is O=C1Cc2cc(C(Cl)c3cc(Cl)cc(Br)c3)ccc2N1. The fraction of sp³-hybridized carbons (Fsp3) is 0.133. The number of fused-ring (bicyclic) bond motifs is 1. The van der Waals surface area contributed by atoms with Crippen LogP contribution in [-0.2, 0) is 11.2 Å². The molecule has 0 aliphatic carbocycles. The summed E-state index contributed by atoms with van der Waals surface area (Å²) in [6, 6.07) is 11.4. The average Bonchev–Trinajstić information content (AvgIpc) is 2.75. The van der Waals surface area contributed by atoms with Gasteiger partial charge in [-0.25, -0.2) is 0 Å². The van der Waals surface area contributed by atoms with E-state index in [-0.39, 0.29) is 11.3 Å². The van der Waals surface area contributed by atoms with Gasteiger partial charge in [-0.2, -0.15) is 0 Å². The monoisotopic (exact) mass is 369 g/mol. The van der Waals surface area contributed by atoms with Gasteiger partial charge in [-0.1, -0.05) is 39.7 Å². The molecule has 1 unspecified atom stereocenters. The van der Waals surface area contributed by atoms with Crippen LogP contribution in [0.2, 0.25) is 5.02 Å². The van der Waals surface area contributed by atoms with Crippen LogP contribution in [0, 0.1) is 0 Å². The number of rotatable bonds is 2. The van der Waals surface area contributed by atoms with Gasteiger partial charge in [0.25, 0.3) is 0 Å². The van der Waals surface area contributed by atoms with Gasteiger partial charge in [0.05, 0.1) is 11.8 Å². The van der Waals surface area contributed by atoms with Gasteiger partial charge < -0.3 is 5.32 Å². The molecule has 1 atom stereocenters. The van der Waals surface area contributed by atoms with E-state index < -0.39 is 0 Å². The van der Waals surface area contributed by atoms with E-state index in [0.29, 0.717) is 11.4 Å². The molecule has 5 heteroatoms. The zero-order valence-corrected chi connectivity index (χ0v) is 13.4. The molecule has 1 N–H and O–H groups in total. The Morgan fingerprint density at radius 3 is 2.70 bits per heavy atom. The fourth-order valence-electron chi connectivity index (χ4n) is 2.32. The summed E-state index contributed by atoms with van der Waals surface area (Å²) in [7, 11) is 0. The molecule has 2 aromatic rings. The Morgan fingerprint density at radius 1 is 1.15 bits per heavy atom. The molecule has 1 heterocycles. The molecule has 2 nitrogen and oxygen atoms in total. The molecule has 1 aliphatic rings. The number of hydrogen-bond donors (Lipinski definition) is 1. The number of carbonyl (C=O) groups excluding carboxylic acids is 1. The quantitative estimate of drug-likeness (QED) is 0.746. The van der Waals surface area contributed by atoms with Crippen LogP contribution in [0.15, 0.2) is 40.9 Å². The number of nitrogens with one attached hydrogen (secondary N) is 1. The van der Waals surface area contributed by atoms with E-state index in [1.807, 2.05) is 36.4 Å². The second-order valence-electron chi connectivity index (χ2n) is 4.71. The lowest BCUT2D eigenvalue weighted by Gasteiger charge is -2.12. The summed E-state index contributed by atoms with van der Waals surface area (Å²) in [5.74, 6) is 0.0220. The van der Waals surface area contributed by atoms with E-state index >= 15 is 0 Å². The van der Waals surface area contributed by atoms with Crippen LogP contribution >= 0.6 is 39.1 Å². The van der Waals surface area contributed by atoms with Crippen molar-refractivity contribution in [1.29, 1.82) is 0 Å². The summed E-state index contributed by atoms with van der Waals surface area (Å²) in [6.45, 7) is 0. The predicted octanol–water partition coefficient (Wildman–Crippen LogP) is 4.93. The Balaban J connectivity index is 1.97. The van der Waals surface area contributed by atoms with E-state index in [4.69, 9.17) is 23.2 Å². The number of benzene rings is 2. The maximum atomic E-state index is 11.4. The van der Waals surface area contributed by atoms with Crippen LogP contribution in [0.3, 0.4) is 0 Å². The average molecular weight is 371 g/mol. The molecule has 0 bridgehead atoms. The minimum absolute atomic E-state index is 0.0220. The van der Waals surface area contributed by atoms with Gasteiger partial charge in [-0.05, 0) is 41.0 Å². The Hall–Kier alpha value is -1.03. The van der Waals surface area contributed by atoms with Crippen LogP contribution in [0.4, 0.5) is 5.69 Å². The van der Waals surface area contributed by atoms with Gasteiger partial charge in [0, 0.05) is 15.2 Å². The number of halogens is 3. The number of anilines is 1. The first kappa shape index (κ1) is 13.9. The topological polar surface area (TPSA) is 29.1 Å². The summed E-state index contributed by atoms with van der Waals surface area (Å²) >= 11 is 16.0. The van der Waals surface area contributed by atoms with Crippen molar-refractivity contribution in [3.63, 3.8) is 0 Å². The molecular weight excluding hydrogens is 361 g/mol. The van der Waals surface area contributed by atoms with Crippen molar-refractivity contribution in [1.82, 2.24) is 0 Å². The lowest BCUT2D eigenvalue weighted by molar-refractivity contribution is -0.115. The molecular formula is C15H10BrCl2NO. The van der Waals surface area contributed by atoms with Gasteiger partial charge in [-0.15, -0.1) is 11.6 Å². The smallest absolute Gasteiger partial charge is 0.228 e. The standard InChI is InChI=1S/C15H10BrCl2NO/c16-11-4-10(5-12(17)7-11)15(18)8-1-2-13-9(3-8)6-14(20)19-13/h1-5,7,15H,6H2,(H,19,20). The third kappa shape index (κ3) is 2.71. The highest BCUT2D eigenvalue weighted by atomic mass is 79.9. The van der Waals surface area contributed by atoms with Crippen molar-refractivity contribution in [3.8, 4) is 0 Å². The van der Waals surface area contributed by atoms with Gasteiger partial charge in [-0.3, -0.25) is 4.79 Å². The summed E-state index contributed by atoms with van der Waals surface area (Å²) in [5, 5.41) is 3.15. The Bertz CT molecular complexity index is 682. The Kier molecular flexibility index (Phi) is 3.76. The van der Waals surface area contributed by atoms with E-state index in [1.54, 1.807) is 0 Å². The highest BCUT2D eigenvalue weighted by Crippen LogP contribution is 2.35. The minimum atomic E-state index is -0.300. The first-order valence-electron chi connectivity index (χ1n) is 6.05.